The molecular formula is C18H20ClNO2. The van der Waals surface area contributed by atoms with Crippen LogP contribution in [0, 0.1) is 20.8 Å². The largest absolute Gasteiger partial charge is 0.491 e. The molecule has 0 aliphatic heterocycles. The fourth-order valence-electron chi connectivity index (χ4n) is 2.44. The van der Waals surface area contributed by atoms with Crippen molar-refractivity contribution in [2.24, 2.45) is 0 Å². The van der Waals surface area contributed by atoms with E-state index >= 15 is 0 Å². The molecule has 0 saturated heterocycles. The number of amides is 1. The Bertz CT molecular complexity index is 660. The standard InChI is InChI=1S/C18H20ClNO2/c1-12-9-13(2)17(14(3)10-12)22-8-7-20-18(21)15-5-4-6-16(19)11-15/h4-6,9-11H,7-8H2,1-3H3,(H,20,21). The zero-order chi connectivity index (χ0) is 16.1. The molecule has 2 rings (SSSR count). The van der Waals surface area contributed by atoms with E-state index in [1.807, 2.05) is 13.8 Å². The maximum absolute atomic E-state index is 12.0. The van der Waals surface area contributed by atoms with Crippen LogP contribution in [-0.2, 0) is 0 Å². The zero-order valence-corrected chi connectivity index (χ0v) is 13.8. The Morgan fingerprint density at radius 3 is 2.45 bits per heavy atom. The molecule has 1 amide bonds. The normalized spacial score (nSPS) is 10.4. The predicted molar refractivity (Wildman–Crippen MR) is 89.9 cm³/mol. The first-order valence-electron chi connectivity index (χ1n) is 7.22. The second kappa shape index (κ2) is 7.32. The van der Waals surface area contributed by atoms with E-state index in [1.54, 1.807) is 24.3 Å². The van der Waals surface area contributed by atoms with Crippen molar-refractivity contribution in [3.8, 4) is 5.75 Å². The van der Waals surface area contributed by atoms with Crippen LogP contribution in [0.25, 0.3) is 0 Å². The van der Waals surface area contributed by atoms with Crippen molar-refractivity contribution in [1.29, 1.82) is 0 Å². The summed E-state index contributed by atoms with van der Waals surface area (Å²) in [4.78, 5) is 12.0. The molecule has 0 unspecified atom stereocenters. The summed E-state index contributed by atoms with van der Waals surface area (Å²) in [6.07, 6.45) is 0. The number of rotatable bonds is 5. The van der Waals surface area contributed by atoms with Crippen molar-refractivity contribution >= 4 is 17.5 Å². The minimum atomic E-state index is -0.150. The fraction of sp³-hybridized carbons (Fsp3) is 0.278. The monoisotopic (exact) mass is 317 g/mol. The van der Waals surface area contributed by atoms with Crippen molar-refractivity contribution in [2.75, 3.05) is 13.2 Å². The van der Waals surface area contributed by atoms with Crippen molar-refractivity contribution in [3.63, 3.8) is 0 Å². The van der Waals surface area contributed by atoms with Gasteiger partial charge in [0, 0.05) is 10.6 Å². The highest BCUT2D eigenvalue weighted by Gasteiger charge is 2.07. The number of carbonyl (C=O) groups is 1. The van der Waals surface area contributed by atoms with Gasteiger partial charge < -0.3 is 10.1 Å². The van der Waals surface area contributed by atoms with Crippen molar-refractivity contribution < 1.29 is 9.53 Å². The van der Waals surface area contributed by atoms with Crippen LogP contribution in [0.3, 0.4) is 0 Å². The third-order valence-electron chi connectivity index (χ3n) is 3.33. The molecule has 1 N–H and O–H groups in total. The molecule has 0 heterocycles. The quantitative estimate of drug-likeness (QED) is 0.844. The highest BCUT2D eigenvalue weighted by atomic mass is 35.5. The van der Waals surface area contributed by atoms with Gasteiger partial charge in [0.25, 0.3) is 5.91 Å². The SMILES string of the molecule is Cc1cc(C)c(OCCNC(=O)c2cccc(Cl)c2)c(C)c1. The molecule has 0 spiro atoms. The van der Waals surface area contributed by atoms with Gasteiger partial charge in [0.05, 0.1) is 6.54 Å². The Morgan fingerprint density at radius 1 is 1.14 bits per heavy atom. The van der Waals surface area contributed by atoms with Gasteiger partial charge in [-0.2, -0.15) is 0 Å². The van der Waals surface area contributed by atoms with Crippen LogP contribution in [0.4, 0.5) is 0 Å². The maximum Gasteiger partial charge on any atom is 0.251 e. The van der Waals surface area contributed by atoms with E-state index < -0.39 is 0 Å². The maximum atomic E-state index is 12.0. The van der Waals surface area contributed by atoms with E-state index in [-0.39, 0.29) is 5.91 Å². The molecule has 4 heteroatoms. The number of hydrogen-bond donors (Lipinski definition) is 1. The summed E-state index contributed by atoms with van der Waals surface area (Å²) in [5.41, 5.74) is 3.99. The topological polar surface area (TPSA) is 38.3 Å². The minimum Gasteiger partial charge on any atom is -0.491 e. The average Bonchev–Trinajstić information content (AvgIpc) is 2.45. The Hall–Kier alpha value is -2.00. The second-order valence-corrected chi connectivity index (χ2v) is 5.78. The highest BCUT2D eigenvalue weighted by Crippen LogP contribution is 2.24. The number of benzene rings is 2. The molecule has 2 aromatic carbocycles. The van der Waals surface area contributed by atoms with E-state index in [2.05, 4.69) is 24.4 Å². The lowest BCUT2D eigenvalue weighted by atomic mass is 10.1. The summed E-state index contributed by atoms with van der Waals surface area (Å²) in [5, 5.41) is 3.37. The third kappa shape index (κ3) is 4.25. The van der Waals surface area contributed by atoms with Crippen LogP contribution >= 0.6 is 11.6 Å². The lowest BCUT2D eigenvalue weighted by molar-refractivity contribution is 0.0947. The van der Waals surface area contributed by atoms with E-state index in [1.165, 1.54) is 5.56 Å². The zero-order valence-electron chi connectivity index (χ0n) is 13.1. The summed E-state index contributed by atoms with van der Waals surface area (Å²) >= 11 is 5.87. The van der Waals surface area contributed by atoms with E-state index in [0.29, 0.717) is 23.7 Å². The first-order valence-corrected chi connectivity index (χ1v) is 7.59. The van der Waals surface area contributed by atoms with Gasteiger partial charge in [0.15, 0.2) is 0 Å². The molecule has 3 nitrogen and oxygen atoms in total. The highest BCUT2D eigenvalue weighted by molar-refractivity contribution is 6.30. The van der Waals surface area contributed by atoms with Gasteiger partial charge in [0.2, 0.25) is 0 Å². The molecule has 0 saturated carbocycles. The van der Waals surface area contributed by atoms with Crippen LogP contribution in [0.1, 0.15) is 27.0 Å². The lowest BCUT2D eigenvalue weighted by Gasteiger charge is -2.13. The van der Waals surface area contributed by atoms with Gasteiger partial charge in [-0.3, -0.25) is 4.79 Å². The van der Waals surface area contributed by atoms with E-state index in [4.69, 9.17) is 16.3 Å². The first-order chi connectivity index (χ1) is 10.5. The Labute approximate surface area is 136 Å². The predicted octanol–water partition coefficient (Wildman–Crippen LogP) is 4.07. The second-order valence-electron chi connectivity index (χ2n) is 5.34. The number of hydrogen-bond acceptors (Lipinski definition) is 2. The number of carbonyl (C=O) groups excluding carboxylic acids is 1. The Kier molecular flexibility index (Phi) is 5.45. The summed E-state index contributed by atoms with van der Waals surface area (Å²) < 4.78 is 5.79. The molecule has 0 aliphatic rings. The van der Waals surface area contributed by atoms with Gasteiger partial charge in [-0.05, 0) is 50.1 Å². The van der Waals surface area contributed by atoms with Gasteiger partial charge >= 0.3 is 0 Å². The molecule has 0 bridgehead atoms. The smallest absolute Gasteiger partial charge is 0.251 e. The number of nitrogens with one attached hydrogen (secondary N) is 1. The minimum absolute atomic E-state index is 0.150. The molecule has 0 aliphatic carbocycles. The fourth-order valence-corrected chi connectivity index (χ4v) is 2.63. The van der Waals surface area contributed by atoms with Gasteiger partial charge in [-0.1, -0.05) is 35.4 Å². The van der Waals surface area contributed by atoms with Crippen molar-refractivity contribution in [3.05, 3.63) is 63.7 Å². The number of aryl methyl sites for hydroxylation is 3. The number of halogens is 1. The Morgan fingerprint density at radius 2 is 1.82 bits per heavy atom. The average molecular weight is 318 g/mol. The summed E-state index contributed by atoms with van der Waals surface area (Å²) in [6, 6.07) is 11.1. The number of ether oxygens (including phenoxy) is 1. The van der Waals surface area contributed by atoms with E-state index in [0.717, 1.165) is 16.9 Å². The third-order valence-corrected chi connectivity index (χ3v) is 3.56. The molecular weight excluding hydrogens is 298 g/mol. The molecule has 22 heavy (non-hydrogen) atoms. The van der Waals surface area contributed by atoms with Gasteiger partial charge in [0.1, 0.15) is 12.4 Å². The molecule has 0 fully saturated rings. The van der Waals surface area contributed by atoms with Crippen LogP contribution in [0.5, 0.6) is 5.75 Å². The van der Waals surface area contributed by atoms with Crippen LogP contribution in [-0.4, -0.2) is 19.1 Å². The molecule has 0 aromatic heterocycles. The first kappa shape index (κ1) is 16.4. The van der Waals surface area contributed by atoms with Crippen LogP contribution in [0.15, 0.2) is 36.4 Å². The summed E-state index contributed by atoms with van der Waals surface area (Å²) in [7, 11) is 0. The Balaban J connectivity index is 1.86. The molecule has 2 aromatic rings. The van der Waals surface area contributed by atoms with Gasteiger partial charge in [-0.25, -0.2) is 0 Å². The van der Waals surface area contributed by atoms with Gasteiger partial charge in [-0.15, -0.1) is 0 Å². The van der Waals surface area contributed by atoms with Crippen molar-refractivity contribution in [2.45, 2.75) is 20.8 Å². The summed E-state index contributed by atoms with van der Waals surface area (Å²) in [6.45, 7) is 6.99. The van der Waals surface area contributed by atoms with Crippen molar-refractivity contribution in [1.82, 2.24) is 5.32 Å². The molecule has 116 valence electrons. The molecule has 0 radical (unpaired) electrons. The summed E-state index contributed by atoms with van der Waals surface area (Å²) in [5.74, 6) is 0.742. The molecule has 0 atom stereocenters. The van der Waals surface area contributed by atoms with Crippen LogP contribution in [0.2, 0.25) is 5.02 Å². The lowest BCUT2D eigenvalue weighted by Crippen LogP contribution is -2.28. The van der Waals surface area contributed by atoms with Crippen LogP contribution < -0.4 is 10.1 Å². The van der Waals surface area contributed by atoms with E-state index in [9.17, 15) is 4.79 Å².